The molecule has 0 atom stereocenters. The fourth-order valence-corrected chi connectivity index (χ4v) is 1.83. The molecule has 0 amide bonds. The number of fused-ring (bicyclic) bond motifs is 1. The summed E-state index contributed by atoms with van der Waals surface area (Å²) in [5, 5.41) is 4.78. The van der Waals surface area contributed by atoms with Crippen molar-refractivity contribution in [1.29, 1.82) is 0 Å². The largest absolute Gasteiger partial charge is 0.361 e. The van der Waals surface area contributed by atoms with Crippen molar-refractivity contribution in [2.24, 2.45) is 0 Å². The van der Waals surface area contributed by atoms with Gasteiger partial charge in [0.05, 0.1) is 0 Å². The third-order valence-corrected chi connectivity index (χ3v) is 2.62. The minimum atomic E-state index is 0.565. The molecule has 1 aromatic carbocycles. The average molecular weight is 202 g/mol. The average Bonchev–Trinajstić information content (AvgIpc) is 2.62. The van der Waals surface area contributed by atoms with E-state index in [-0.39, 0.29) is 0 Å². The minimum absolute atomic E-state index is 0.565. The number of aromatic nitrogens is 1. The highest BCUT2D eigenvalue weighted by atomic mass is 14.9. The van der Waals surface area contributed by atoms with Crippen molar-refractivity contribution in [3.05, 3.63) is 36.0 Å². The molecule has 0 bridgehead atoms. The molecule has 0 fully saturated rings. The number of hydrogen-bond donors (Lipinski definition) is 2. The van der Waals surface area contributed by atoms with Gasteiger partial charge in [-0.1, -0.05) is 32.0 Å². The van der Waals surface area contributed by atoms with E-state index in [4.69, 9.17) is 0 Å². The van der Waals surface area contributed by atoms with Crippen LogP contribution in [0.4, 0.5) is 0 Å². The molecule has 0 spiro atoms. The lowest BCUT2D eigenvalue weighted by molar-refractivity contribution is 0.591. The van der Waals surface area contributed by atoms with Crippen LogP contribution in [0.1, 0.15) is 19.4 Å². The normalized spacial score (nSPS) is 11.4. The van der Waals surface area contributed by atoms with Crippen molar-refractivity contribution < 1.29 is 0 Å². The highest BCUT2D eigenvalue weighted by Crippen LogP contribution is 2.17. The molecule has 0 aliphatic rings. The Kier molecular flexibility index (Phi) is 3.07. The third-order valence-electron chi connectivity index (χ3n) is 2.62. The highest BCUT2D eigenvalue weighted by molar-refractivity contribution is 5.83. The lowest BCUT2D eigenvalue weighted by Gasteiger charge is -2.06. The molecule has 2 N–H and O–H groups in total. The Bertz CT molecular complexity index is 429. The second kappa shape index (κ2) is 4.49. The van der Waals surface area contributed by atoms with Gasteiger partial charge in [0.2, 0.25) is 0 Å². The van der Waals surface area contributed by atoms with E-state index in [2.05, 4.69) is 54.6 Å². The van der Waals surface area contributed by atoms with Crippen LogP contribution >= 0.6 is 0 Å². The van der Waals surface area contributed by atoms with Gasteiger partial charge in [-0.25, -0.2) is 0 Å². The summed E-state index contributed by atoms with van der Waals surface area (Å²) in [4.78, 5) is 3.30. The van der Waals surface area contributed by atoms with E-state index in [0.29, 0.717) is 6.04 Å². The van der Waals surface area contributed by atoms with Crippen LogP contribution in [0.5, 0.6) is 0 Å². The summed E-state index contributed by atoms with van der Waals surface area (Å²) in [5.74, 6) is 0. The van der Waals surface area contributed by atoms with E-state index in [1.165, 1.54) is 16.5 Å². The molecule has 80 valence electrons. The summed E-state index contributed by atoms with van der Waals surface area (Å²) < 4.78 is 0. The van der Waals surface area contributed by atoms with E-state index < -0.39 is 0 Å². The number of para-hydroxylation sites is 1. The second-order valence-electron chi connectivity index (χ2n) is 4.22. The summed E-state index contributed by atoms with van der Waals surface area (Å²) in [5.41, 5.74) is 2.63. The Labute approximate surface area is 90.7 Å². The predicted octanol–water partition coefficient (Wildman–Crippen LogP) is 2.71. The maximum atomic E-state index is 3.43. The number of hydrogen-bond acceptors (Lipinski definition) is 1. The van der Waals surface area contributed by atoms with Crippen LogP contribution in [0.3, 0.4) is 0 Å². The van der Waals surface area contributed by atoms with Crippen molar-refractivity contribution in [2.45, 2.75) is 26.3 Å². The van der Waals surface area contributed by atoms with Crippen LogP contribution in [-0.4, -0.2) is 17.6 Å². The first-order valence-electron chi connectivity index (χ1n) is 5.56. The lowest BCUT2D eigenvalue weighted by Crippen LogP contribution is -2.24. The Hall–Kier alpha value is -1.28. The van der Waals surface area contributed by atoms with Crippen LogP contribution in [0, 0.1) is 0 Å². The van der Waals surface area contributed by atoms with Gasteiger partial charge in [-0.3, -0.25) is 0 Å². The van der Waals surface area contributed by atoms with Gasteiger partial charge in [0, 0.05) is 23.1 Å². The number of H-pyrrole nitrogens is 1. The predicted molar refractivity (Wildman–Crippen MR) is 65.1 cm³/mol. The molecule has 0 aliphatic carbocycles. The van der Waals surface area contributed by atoms with Crippen LogP contribution in [0.15, 0.2) is 30.5 Å². The Balaban J connectivity index is 2.08. The van der Waals surface area contributed by atoms with Crippen molar-refractivity contribution in [1.82, 2.24) is 10.3 Å². The smallest absolute Gasteiger partial charge is 0.0456 e. The molecule has 2 aromatic rings. The Morgan fingerprint density at radius 3 is 2.87 bits per heavy atom. The van der Waals surface area contributed by atoms with Crippen LogP contribution < -0.4 is 5.32 Å². The molecule has 0 radical (unpaired) electrons. The number of rotatable bonds is 4. The van der Waals surface area contributed by atoms with Gasteiger partial charge in [-0.15, -0.1) is 0 Å². The molecule has 0 unspecified atom stereocenters. The Morgan fingerprint density at radius 1 is 1.27 bits per heavy atom. The second-order valence-corrected chi connectivity index (χ2v) is 4.22. The van der Waals surface area contributed by atoms with Gasteiger partial charge >= 0.3 is 0 Å². The Morgan fingerprint density at radius 2 is 2.07 bits per heavy atom. The first-order chi connectivity index (χ1) is 7.27. The maximum absolute atomic E-state index is 3.43. The molecule has 0 saturated heterocycles. The molecular formula is C13H18N2. The molecular weight excluding hydrogens is 184 g/mol. The number of nitrogens with one attached hydrogen (secondary N) is 2. The number of aromatic amines is 1. The summed E-state index contributed by atoms with van der Waals surface area (Å²) >= 11 is 0. The van der Waals surface area contributed by atoms with Crippen molar-refractivity contribution >= 4 is 10.9 Å². The van der Waals surface area contributed by atoms with E-state index in [1.807, 2.05) is 0 Å². The zero-order valence-corrected chi connectivity index (χ0v) is 9.38. The summed E-state index contributed by atoms with van der Waals surface area (Å²) in [6.07, 6.45) is 3.20. The fraction of sp³-hybridized carbons (Fsp3) is 0.385. The molecule has 1 aromatic heterocycles. The molecule has 1 heterocycles. The monoisotopic (exact) mass is 202 g/mol. The summed E-state index contributed by atoms with van der Waals surface area (Å²) in [6.45, 7) is 5.39. The zero-order valence-electron chi connectivity index (χ0n) is 9.38. The summed E-state index contributed by atoms with van der Waals surface area (Å²) in [7, 11) is 0. The first kappa shape index (κ1) is 10.2. The molecule has 2 nitrogen and oxygen atoms in total. The van der Waals surface area contributed by atoms with Gasteiger partial charge in [-0.05, 0) is 24.6 Å². The summed E-state index contributed by atoms with van der Waals surface area (Å²) in [6, 6.07) is 9.02. The molecule has 2 rings (SSSR count). The van der Waals surface area contributed by atoms with Gasteiger partial charge in [0.25, 0.3) is 0 Å². The molecule has 2 heteroatoms. The standard InChI is InChI=1S/C13H18N2/c1-10(2)14-8-7-11-9-15-13-6-4-3-5-12(11)13/h3-6,9-10,14-15H,7-8H2,1-2H3. The molecule has 0 saturated carbocycles. The van der Waals surface area contributed by atoms with E-state index >= 15 is 0 Å². The van der Waals surface area contributed by atoms with E-state index in [0.717, 1.165) is 13.0 Å². The van der Waals surface area contributed by atoms with Gasteiger partial charge in [0.1, 0.15) is 0 Å². The van der Waals surface area contributed by atoms with E-state index in [1.54, 1.807) is 0 Å². The topological polar surface area (TPSA) is 27.8 Å². The van der Waals surface area contributed by atoms with Gasteiger partial charge in [0.15, 0.2) is 0 Å². The van der Waals surface area contributed by atoms with Gasteiger partial charge < -0.3 is 10.3 Å². The van der Waals surface area contributed by atoms with Crippen LogP contribution in [-0.2, 0) is 6.42 Å². The third kappa shape index (κ3) is 2.39. The molecule has 0 aliphatic heterocycles. The fourth-order valence-electron chi connectivity index (χ4n) is 1.83. The highest BCUT2D eigenvalue weighted by Gasteiger charge is 2.02. The first-order valence-corrected chi connectivity index (χ1v) is 5.56. The zero-order chi connectivity index (χ0) is 10.7. The van der Waals surface area contributed by atoms with Crippen LogP contribution in [0.25, 0.3) is 10.9 Å². The lowest BCUT2D eigenvalue weighted by atomic mass is 10.1. The SMILES string of the molecule is CC(C)NCCc1c[nH]c2ccccc12. The number of benzene rings is 1. The van der Waals surface area contributed by atoms with Crippen molar-refractivity contribution in [3.63, 3.8) is 0 Å². The van der Waals surface area contributed by atoms with Gasteiger partial charge in [-0.2, -0.15) is 0 Å². The maximum Gasteiger partial charge on any atom is 0.0456 e. The van der Waals surface area contributed by atoms with E-state index in [9.17, 15) is 0 Å². The van der Waals surface area contributed by atoms with Crippen molar-refractivity contribution in [2.75, 3.05) is 6.54 Å². The quantitative estimate of drug-likeness (QED) is 0.784. The molecule has 15 heavy (non-hydrogen) atoms. The van der Waals surface area contributed by atoms with Crippen molar-refractivity contribution in [3.8, 4) is 0 Å². The minimum Gasteiger partial charge on any atom is -0.361 e. The van der Waals surface area contributed by atoms with Crippen LogP contribution in [0.2, 0.25) is 0 Å².